The molecule has 2 rings (SSSR count). The summed E-state index contributed by atoms with van der Waals surface area (Å²) in [5, 5.41) is 12.1. The maximum atomic E-state index is 12.2. The van der Waals surface area contributed by atoms with Crippen LogP contribution in [0.1, 0.15) is 25.7 Å². The number of nitrogens with one attached hydrogen (secondary N) is 1. The van der Waals surface area contributed by atoms with Gasteiger partial charge in [-0.25, -0.2) is 0 Å². The lowest BCUT2D eigenvalue weighted by Gasteiger charge is -2.34. The Morgan fingerprint density at radius 3 is 2.35 bits per heavy atom. The quantitative estimate of drug-likeness (QED) is 0.729. The molecule has 0 spiro atoms. The topological polar surface area (TPSA) is 69.6 Å². The molecular weight excluding hydrogens is 220 g/mol. The van der Waals surface area contributed by atoms with Gasteiger partial charge in [0.2, 0.25) is 5.91 Å². The van der Waals surface area contributed by atoms with Crippen molar-refractivity contribution in [3.8, 4) is 0 Å². The number of carbonyl (C=O) groups excluding carboxylic acids is 1. The summed E-state index contributed by atoms with van der Waals surface area (Å²) in [5.41, 5.74) is 0. The fourth-order valence-electron chi connectivity index (χ4n) is 2.67. The predicted octanol–water partition coefficient (Wildman–Crippen LogP) is 0.309. The van der Waals surface area contributed by atoms with Crippen LogP contribution >= 0.6 is 0 Å². The molecule has 2 aliphatic heterocycles. The highest BCUT2D eigenvalue weighted by Crippen LogP contribution is 2.21. The van der Waals surface area contributed by atoms with Gasteiger partial charge in [-0.2, -0.15) is 0 Å². The zero-order valence-corrected chi connectivity index (χ0v) is 10.0. The van der Waals surface area contributed by atoms with Gasteiger partial charge in [-0.15, -0.1) is 0 Å². The number of nitrogens with zero attached hydrogens (tertiary/aromatic N) is 1. The molecule has 0 aromatic carbocycles. The van der Waals surface area contributed by atoms with E-state index in [4.69, 9.17) is 5.11 Å². The number of carboxylic acids is 1. The standard InChI is InChI=1S/C12H20N2O3/c15-11(10-2-1-5-13-8-10)14-6-3-9(4-7-14)12(16)17/h9-10,13H,1-8H2,(H,16,17)/t10-/m1/s1. The number of amides is 1. The second-order valence-corrected chi connectivity index (χ2v) is 4.98. The molecule has 2 N–H and O–H groups in total. The largest absolute Gasteiger partial charge is 0.481 e. The molecule has 1 atom stereocenters. The molecule has 2 heterocycles. The van der Waals surface area contributed by atoms with Crippen LogP contribution in [0.2, 0.25) is 0 Å². The number of piperidine rings is 2. The number of carboxylic acid groups (broad SMARTS) is 1. The molecule has 2 saturated heterocycles. The number of carbonyl (C=O) groups is 2. The molecule has 5 nitrogen and oxygen atoms in total. The van der Waals surface area contributed by atoms with E-state index in [1.165, 1.54) is 0 Å². The molecule has 0 saturated carbocycles. The van der Waals surface area contributed by atoms with Crippen LogP contribution in [0.4, 0.5) is 0 Å². The van der Waals surface area contributed by atoms with E-state index < -0.39 is 5.97 Å². The molecule has 5 heteroatoms. The van der Waals surface area contributed by atoms with Gasteiger partial charge in [0.05, 0.1) is 11.8 Å². The molecule has 0 unspecified atom stereocenters. The number of rotatable bonds is 2. The average Bonchev–Trinajstić information content (AvgIpc) is 2.39. The Kier molecular flexibility index (Phi) is 3.99. The third kappa shape index (κ3) is 2.97. The van der Waals surface area contributed by atoms with Crippen LogP contribution in [0.15, 0.2) is 0 Å². The third-order valence-electron chi connectivity index (χ3n) is 3.80. The summed E-state index contributed by atoms with van der Waals surface area (Å²) in [5.74, 6) is -0.675. The molecule has 0 aromatic heterocycles. The van der Waals surface area contributed by atoms with Gasteiger partial charge < -0.3 is 15.3 Å². The molecule has 0 aromatic rings. The molecule has 17 heavy (non-hydrogen) atoms. The highest BCUT2D eigenvalue weighted by molar-refractivity contribution is 5.79. The SMILES string of the molecule is O=C(O)C1CCN(C(=O)[C@@H]2CCCNC2)CC1. The minimum Gasteiger partial charge on any atom is -0.481 e. The Balaban J connectivity index is 1.83. The van der Waals surface area contributed by atoms with Crippen LogP contribution in [-0.4, -0.2) is 48.1 Å². The monoisotopic (exact) mass is 240 g/mol. The smallest absolute Gasteiger partial charge is 0.306 e. The van der Waals surface area contributed by atoms with E-state index in [9.17, 15) is 9.59 Å². The third-order valence-corrected chi connectivity index (χ3v) is 3.80. The molecule has 0 aliphatic carbocycles. The van der Waals surface area contributed by atoms with Gasteiger partial charge in [0, 0.05) is 19.6 Å². The highest BCUT2D eigenvalue weighted by atomic mass is 16.4. The number of aliphatic carboxylic acids is 1. The van der Waals surface area contributed by atoms with Gasteiger partial charge in [0.15, 0.2) is 0 Å². The first-order chi connectivity index (χ1) is 8.18. The van der Waals surface area contributed by atoms with Crippen molar-refractivity contribution in [3.05, 3.63) is 0 Å². The summed E-state index contributed by atoms with van der Waals surface area (Å²) in [6.07, 6.45) is 3.22. The van der Waals surface area contributed by atoms with E-state index >= 15 is 0 Å². The second-order valence-electron chi connectivity index (χ2n) is 4.98. The van der Waals surface area contributed by atoms with Crippen molar-refractivity contribution < 1.29 is 14.7 Å². The van der Waals surface area contributed by atoms with Crippen LogP contribution < -0.4 is 5.32 Å². The Morgan fingerprint density at radius 2 is 1.82 bits per heavy atom. The summed E-state index contributed by atoms with van der Waals surface area (Å²) in [7, 11) is 0. The second kappa shape index (κ2) is 5.49. The lowest BCUT2D eigenvalue weighted by atomic mass is 9.93. The van der Waals surface area contributed by atoms with E-state index in [0.29, 0.717) is 25.9 Å². The summed E-state index contributed by atoms with van der Waals surface area (Å²) in [6.45, 7) is 2.99. The maximum Gasteiger partial charge on any atom is 0.306 e. The van der Waals surface area contributed by atoms with Crippen LogP contribution in [0.25, 0.3) is 0 Å². The van der Waals surface area contributed by atoms with Crippen LogP contribution in [0.3, 0.4) is 0 Å². The first-order valence-electron chi connectivity index (χ1n) is 6.41. The minimum absolute atomic E-state index is 0.102. The summed E-state index contributed by atoms with van der Waals surface area (Å²) in [6, 6.07) is 0. The van der Waals surface area contributed by atoms with E-state index in [1.807, 2.05) is 4.90 Å². The maximum absolute atomic E-state index is 12.2. The first-order valence-corrected chi connectivity index (χ1v) is 6.41. The van der Waals surface area contributed by atoms with Crippen molar-refractivity contribution in [2.24, 2.45) is 11.8 Å². The zero-order chi connectivity index (χ0) is 12.3. The van der Waals surface area contributed by atoms with Crippen molar-refractivity contribution in [2.75, 3.05) is 26.2 Å². The number of hydrogen-bond donors (Lipinski definition) is 2. The van der Waals surface area contributed by atoms with Crippen LogP contribution in [0.5, 0.6) is 0 Å². The van der Waals surface area contributed by atoms with Gasteiger partial charge in [-0.3, -0.25) is 9.59 Å². The van der Waals surface area contributed by atoms with Crippen molar-refractivity contribution in [1.29, 1.82) is 0 Å². The van der Waals surface area contributed by atoms with Crippen LogP contribution in [-0.2, 0) is 9.59 Å². The molecular formula is C12H20N2O3. The lowest BCUT2D eigenvalue weighted by Crippen LogP contribution is -2.46. The number of hydrogen-bond acceptors (Lipinski definition) is 3. The fraction of sp³-hybridized carbons (Fsp3) is 0.833. The zero-order valence-electron chi connectivity index (χ0n) is 10.0. The van der Waals surface area contributed by atoms with E-state index in [-0.39, 0.29) is 17.7 Å². The first kappa shape index (κ1) is 12.4. The van der Waals surface area contributed by atoms with Gasteiger partial charge >= 0.3 is 5.97 Å². The minimum atomic E-state index is -0.726. The van der Waals surface area contributed by atoms with Gasteiger partial charge in [0.25, 0.3) is 0 Å². The predicted molar refractivity (Wildman–Crippen MR) is 62.5 cm³/mol. The Labute approximate surface area is 101 Å². The molecule has 1 amide bonds. The Morgan fingerprint density at radius 1 is 1.12 bits per heavy atom. The Bertz CT molecular complexity index is 292. The van der Waals surface area contributed by atoms with Crippen molar-refractivity contribution >= 4 is 11.9 Å². The average molecular weight is 240 g/mol. The summed E-state index contributed by atoms with van der Waals surface area (Å²) < 4.78 is 0. The van der Waals surface area contributed by atoms with Gasteiger partial charge in [-0.05, 0) is 32.2 Å². The molecule has 0 bridgehead atoms. The van der Waals surface area contributed by atoms with E-state index in [0.717, 1.165) is 25.9 Å². The fourth-order valence-corrected chi connectivity index (χ4v) is 2.67. The molecule has 96 valence electrons. The molecule has 0 radical (unpaired) electrons. The van der Waals surface area contributed by atoms with Gasteiger partial charge in [-0.1, -0.05) is 0 Å². The molecule has 2 aliphatic rings. The number of likely N-dealkylation sites (tertiary alicyclic amines) is 1. The van der Waals surface area contributed by atoms with Gasteiger partial charge in [0.1, 0.15) is 0 Å². The van der Waals surface area contributed by atoms with Crippen molar-refractivity contribution in [1.82, 2.24) is 10.2 Å². The van der Waals surface area contributed by atoms with Crippen molar-refractivity contribution in [3.63, 3.8) is 0 Å². The van der Waals surface area contributed by atoms with Crippen LogP contribution in [0, 0.1) is 11.8 Å². The lowest BCUT2D eigenvalue weighted by molar-refractivity contribution is -0.146. The normalized spacial score (nSPS) is 26.8. The Hall–Kier alpha value is -1.10. The van der Waals surface area contributed by atoms with Crippen molar-refractivity contribution in [2.45, 2.75) is 25.7 Å². The highest BCUT2D eigenvalue weighted by Gasteiger charge is 2.30. The van der Waals surface area contributed by atoms with E-state index in [1.54, 1.807) is 0 Å². The molecule has 2 fully saturated rings. The summed E-state index contributed by atoms with van der Waals surface area (Å²) in [4.78, 5) is 24.8. The summed E-state index contributed by atoms with van der Waals surface area (Å²) >= 11 is 0. The van der Waals surface area contributed by atoms with E-state index in [2.05, 4.69) is 5.32 Å².